The third kappa shape index (κ3) is 7.03. The number of carbonyl (C=O) groups is 3. The lowest BCUT2D eigenvalue weighted by Crippen LogP contribution is -2.54. The third-order valence-corrected chi connectivity index (χ3v) is 6.46. The fourth-order valence-corrected chi connectivity index (χ4v) is 4.52. The van der Waals surface area contributed by atoms with Crippen molar-refractivity contribution in [1.82, 2.24) is 14.9 Å². The summed E-state index contributed by atoms with van der Waals surface area (Å²) in [6.07, 6.45) is 1.81. The molecule has 2 aromatic carbocycles. The zero-order chi connectivity index (χ0) is 27.4. The van der Waals surface area contributed by atoms with Crippen molar-refractivity contribution >= 4 is 52.6 Å². The molecule has 1 heterocycles. The molecular formula is C26H26Cl3N3O5. The van der Waals surface area contributed by atoms with E-state index in [0.29, 0.717) is 16.3 Å². The highest BCUT2D eigenvalue weighted by molar-refractivity contribution is 6.42. The second kappa shape index (κ2) is 11.5. The number of hydrogen-bond acceptors (Lipinski definition) is 5. The van der Waals surface area contributed by atoms with Crippen molar-refractivity contribution in [3.63, 3.8) is 0 Å². The standard InChI is InChI=1S/C26H26Cl3N3O5/c1-25(2,3)37-24(36)32(21(23(34)35)12-18-13-30-15-31-18)14-26(29,16-7-5-4-6-8-16)22(33)19-10-9-17(27)11-20(19)28/h4-11,13,15,21H,12,14H2,1-3H3,(H,30,31)(H,34,35)/t21-,26?/m0/s1. The number of ether oxygens (including phenoxy) is 1. The summed E-state index contributed by atoms with van der Waals surface area (Å²) in [7, 11) is 0. The predicted octanol–water partition coefficient (Wildman–Crippen LogP) is 5.97. The van der Waals surface area contributed by atoms with Gasteiger partial charge >= 0.3 is 12.1 Å². The van der Waals surface area contributed by atoms with E-state index in [1.165, 1.54) is 30.7 Å². The van der Waals surface area contributed by atoms with E-state index in [1.807, 2.05) is 0 Å². The van der Waals surface area contributed by atoms with E-state index in [0.717, 1.165) is 4.90 Å². The Labute approximate surface area is 229 Å². The Balaban J connectivity index is 2.14. The number of carboxylic acids is 1. The van der Waals surface area contributed by atoms with E-state index < -0.39 is 40.9 Å². The number of aromatic amines is 1. The highest BCUT2D eigenvalue weighted by atomic mass is 35.5. The number of imidazole rings is 1. The molecular weight excluding hydrogens is 541 g/mol. The van der Waals surface area contributed by atoms with Gasteiger partial charge in [-0.05, 0) is 44.5 Å². The van der Waals surface area contributed by atoms with E-state index in [1.54, 1.807) is 51.1 Å². The average Bonchev–Trinajstić information content (AvgIpc) is 3.33. The number of hydrogen-bond donors (Lipinski definition) is 2. The molecule has 0 saturated carbocycles. The number of carbonyl (C=O) groups excluding carboxylic acids is 2. The number of nitrogens with zero attached hydrogens (tertiary/aromatic N) is 2. The van der Waals surface area contributed by atoms with E-state index in [4.69, 9.17) is 39.5 Å². The monoisotopic (exact) mass is 565 g/mol. The van der Waals surface area contributed by atoms with Crippen molar-refractivity contribution in [2.75, 3.05) is 6.54 Å². The topological polar surface area (TPSA) is 113 Å². The molecule has 0 aliphatic rings. The Morgan fingerprint density at radius 2 is 1.78 bits per heavy atom. The van der Waals surface area contributed by atoms with Crippen LogP contribution in [0.25, 0.3) is 0 Å². The second-order valence-corrected chi connectivity index (χ2v) is 10.8. The van der Waals surface area contributed by atoms with Gasteiger partial charge in [-0.1, -0.05) is 53.5 Å². The zero-order valence-corrected chi connectivity index (χ0v) is 22.6. The summed E-state index contributed by atoms with van der Waals surface area (Å²) in [5, 5.41) is 10.5. The van der Waals surface area contributed by atoms with Gasteiger partial charge in [0.1, 0.15) is 16.5 Å². The maximum Gasteiger partial charge on any atom is 0.411 e. The molecule has 0 radical (unpaired) electrons. The summed E-state index contributed by atoms with van der Waals surface area (Å²) >= 11 is 19.4. The number of benzene rings is 2. The Hall–Kier alpha value is -3.07. The first-order valence-corrected chi connectivity index (χ1v) is 12.4. The van der Waals surface area contributed by atoms with Gasteiger partial charge in [-0.3, -0.25) is 9.69 Å². The lowest BCUT2D eigenvalue weighted by atomic mass is 9.88. The molecule has 37 heavy (non-hydrogen) atoms. The van der Waals surface area contributed by atoms with Gasteiger partial charge in [0, 0.05) is 23.2 Å². The van der Waals surface area contributed by atoms with Gasteiger partial charge in [0.15, 0.2) is 5.78 Å². The SMILES string of the molecule is CC(C)(C)OC(=O)N(CC(Cl)(C(=O)c1ccc(Cl)cc1Cl)c1ccccc1)[C@@H](Cc1c[nH]cn1)C(=O)O. The van der Waals surface area contributed by atoms with Crippen LogP contribution in [0.5, 0.6) is 0 Å². The van der Waals surface area contributed by atoms with Crippen molar-refractivity contribution in [2.45, 2.75) is 43.7 Å². The van der Waals surface area contributed by atoms with Gasteiger partial charge in [0.05, 0.1) is 23.6 Å². The van der Waals surface area contributed by atoms with Crippen molar-refractivity contribution in [1.29, 1.82) is 0 Å². The Morgan fingerprint density at radius 1 is 1.11 bits per heavy atom. The number of rotatable bonds is 9. The third-order valence-electron chi connectivity index (χ3n) is 5.40. The van der Waals surface area contributed by atoms with E-state index in [-0.39, 0.29) is 17.0 Å². The van der Waals surface area contributed by atoms with Crippen molar-refractivity contribution in [3.8, 4) is 0 Å². The molecule has 0 spiro atoms. The number of aromatic nitrogens is 2. The van der Waals surface area contributed by atoms with Gasteiger partial charge in [0.25, 0.3) is 0 Å². The Kier molecular flexibility index (Phi) is 8.89. The molecule has 0 bridgehead atoms. The molecule has 2 N–H and O–H groups in total. The summed E-state index contributed by atoms with van der Waals surface area (Å²) < 4.78 is 5.54. The smallest absolute Gasteiger partial charge is 0.411 e. The number of nitrogens with one attached hydrogen (secondary N) is 1. The van der Waals surface area contributed by atoms with Crippen LogP contribution < -0.4 is 0 Å². The molecule has 0 aliphatic carbocycles. The first-order chi connectivity index (χ1) is 17.3. The van der Waals surface area contributed by atoms with Gasteiger partial charge < -0.3 is 14.8 Å². The molecule has 3 aromatic rings. The highest BCUT2D eigenvalue weighted by Crippen LogP contribution is 2.37. The zero-order valence-electron chi connectivity index (χ0n) is 20.4. The Bertz CT molecular complexity index is 1260. The Morgan fingerprint density at radius 3 is 2.32 bits per heavy atom. The minimum Gasteiger partial charge on any atom is -0.480 e. The van der Waals surface area contributed by atoms with Gasteiger partial charge in [-0.2, -0.15) is 0 Å². The predicted molar refractivity (Wildman–Crippen MR) is 141 cm³/mol. The first-order valence-electron chi connectivity index (χ1n) is 11.3. The number of ketones is 1. The molecule has 2 atom stereocenters. The minimum absolute atomic E-state index is 0.0632. The minimum atomic E-state index is -1.92. The van der Waals surface area contributed by atoms with Crippen LogP contribution in [0.4, 0.5) is 4.79 Å². The van der Waals surface area contributed by atoms with Crippen molar-refractivity contribution in [3.05, 3.63) is 87.9 Å². The fraction of sp³-hybridized carbons (Fsp3) is 0.308. The second-order valence-electron chi connectivity index (χ2n) is 9.35. The van der Waals surface area contributed by atoms with Crippen LogP contribution in [0.2, 0.25) is 10.0 Å². The van der Waals surface area contributed by atoms with Crippen LogP contribution in [0.3, 0.4) is 0 Å². The molecule has 8 nitrogen and oxygen atoms in total. The summed E-state index contributed by atoms with van der Waals surface area (Å²) in [5.74, 6) is -1.96. The molecule has 0 aliphatic heterocycles. The van der Waals surface area contributed by atoms with Crippen LogP contribution in [-0.4, -0.2) is 56.0 Å². The van der Waals surface area contributed by atoms with Crippen molar-refractivity contribution < 1.29 is 24.2 Å². The lowest BCUT2D eigenvalue weighted by molar-refractivity contribution is -0.143. The van der Waals surface area contributed by atoms with Crippen LogP contribution in [-0.2, 0) is 20.8 Å². The molecule has 196 valence electrons. The number of H-pyrrole nitrogens is 1. The highest BCUT2D eigenvalue weighted by Gasteiger charge is 2.46. The van der Waals surface area contributed by atoms with Crippen LogP contribution in [0.15, 0.2) is 61.1 Å². The number of amides is 1. The number of halogens is 3. The van der Waals surface area contributed by atoms with Gasteiger partial charge in [-0.25, -0.2) is 14.6 Å². The van der Waals surface area contributed by atoms with Crippen LogP contribution in [0, 0.1) is 0 Å². The lowest BCUT2D eigenvalue weighted by Gasteiger charge is -2.37. The molecule has 1 amide bonds. The normalized spacial score (nSPS) is 13.9. The number of carboxylic acid groups (broad SMARTS) is 1. The van der Waals surface area contributed by atoms with Gasteiger partial charge in [-0.15, -0.1) is 11.6 Å². The number of aliphatic carboxylic acids is 1. The van der Waals surface area contributed by atoms with Crippen LogP contribution >= 0.6 is 34.8 Å². The van der Waals surface area contributed by atoms with E-state index in [2.05, 4.69) is 9.97 Å². The maximum absolute atomic E-state index is 13.9. The first kappa shape index (κ1) is 28.5. The van der Waals surface area contributed by atoms with Crippen molar-refractivity contribution in [2.24, 2.45) is 0 Å². The molecule has 11 heteroatoms. The average molecular weight is 567 g/mol. The summed E-state index contributed by atoms with van der Waals surface area (Å²) in [5.41, 5.74) is -0.151. The summed E-state index contributed by atoms with van der Waals surface area (Å²) in [6.45, 7) is 4.41. The summed E-state index contributed by atoms with van der Waals surface area (Å²) in [4.78, 5) is 45.7. The number of alkyl halides is 1. The van der Waals surface area contributed by atoms with Crippen LogP contribution in [0.1, 0.15) is 42.4 Å². The van der Waals surface area contributed by atoms with E-state index in [9.17, 15) is 19.5 Å². The maximum atomic E-state index is 13.9. The van der Waals surface area contributed by atoms with E-state index >= 15 is 0 Å². The largest absolute Gasteiger partial charge is 0.480 e. The molecule has 0 fully saturated rings. The molecule has 1 aromatic heterocycles. The number of Topliss-reactive ketones (excluding diaryl/α,β-unsaturated/α-hetero) is 1. The fourth-order valence-electron chi connectivity index (χ4n) is 3.67. The molecule has 3 rings (SSSR count). The van der Waals surface area contributed by atoms with Gasteiger partial charge in [0.2, 0.25) is 0 Å². The quantitative estimate of drug-likeness (QED) is 0.244. The molecule has 0 saturated heterocycles. The molecule has 1 unspecified atom stereocenters. The summed E-state index contributed by atoms with van der Waals surface area (Å²) in [6, 6.07) is 11.2.